The van der Waals surface area contributed by atoms with Crippen molar-refractivity contribution < 1.29 is 18.5 Å². The number of Topliss-reactive ketones (excluding diaryl/α,β-unsaturated/α-hetero) is 1. The lowest BCUT2D eigenvalue weighted by Crippen LogP contribution is -2.05. The number of non-ortho nitro benzene ring substituents is 1. The summed E-state index contributed by atoms with van der Waals surface area (Å²) >= 11 is 0. The van der Waals surface area contributed by atoms with Crippen molar-refractivity contribution >= 4 is 11.5 Å². The summed E-state index contributed by atoms with van der Waals surface area (Å²) in [6, 6.07) is 8.00. The SMILES string of the molecule is O=C(Cc1ccc(F)cc1F)c1ccc([N+](=O)[O-])cc1. The Labute approximate surface area is 112 Å². The molecule has 20 heavy (non-hydrogen) atoms. The molecule has 0 spiro atoms. The van der Waals surface area contributed by atoms with Crippen LogP contribution in [0.4, 0.5) is 14.5 Å². The van der Waals surface area contributed by atoms with Crippen LogP contribution in [0.1, 0.15) is 15.9 Å². The van der Waals surface area contributed by atoms with Gasteiger partial charge in [-0.2, -0.15) is 0 Å². The fourth-order valence-electron chi connectivity index (χ4n) is 1.71. The first-order chi connectivity index (χ1) is 9.47. The first kappa shape index (κ1) is 13.8. The van der Waals surface area contributed by atoms with Gasteiger partial charge >= 0.3 is 0 Å². The summed E-state index contributed by atoms with van der Waals surface area (Å²) in [6.07, 6.45) is -0.232. The van der Waals surface area contributed by atoms with Gasteiger partial charge < -0.3 is 0 Å². The summed E-state index contributed by atoms with van der Waals surface area (Å²) in [4.78, 5) is 21.8. The molecule has 0 bridgehead atoms. The van der Waals surface area contributed by atoms with E-state index < -0.39 is 22.3 Å². The number of rotatable bonds is 4. The molecule has 0 aliphatic heterocycles. The van der Waals surface area contributed by atoms with E-state index in [9.17, 15) is 23.7 Å². The van der Waals surface area contributed by atoms with Gasteiger partial charge in [0.15, 0.2) is 5.78 Å². The van der Waals surface area contributed by atoms with Gasteiger partial charge in [-0.25, -0.2) is 8.78 Å². The first-order valence-electron chi connectivity index (χ1n) is 5.69. The lowest BCUT2D eigenvalue weighted by molar-refractivity contribution is -0.384. The first-order valence-corrected chi connectivity index (χ1v) is 5.69. The molecule has 0 unspecified atom stereocenters. The predicted molar refractivity (Wildman–Crippen MR) is 67.5 cm³/mol. The molecule has 0 amide bonds. The van der Waals surface area contributed by atoms with Gasteiger partial charge in [-0.3, -0.25) is 14.9 Å². The quantitative estimate of drug-likeness (QED) is 0.489. The average molecular weight is 277 g/mol. The predicted octanol–water partition coefficient (Wildman–Crippen LogP) is 3.30. The lowest BCUT2D eigenvalue weighted by atomic mass is 10.0. The van der Waals surface area contributed by atoms with Crippen molar-refractivity contribution in [3.63, 3.8) is 0 Å². The number of ketones is 1. The Bertz CT molecular complexity index is 669. The monoisotopic (exact) mass is 277 g/mol. The van der Waals surface area contributed by atoms with Crippen molar-refractivity contribution in [2.75, 3.05) is 0 Å². The highest BCUT2D eigenvalue weighted by Gasteiger charge is 2.13. The topological polar surface area (TPSA) is 60.2 Å². The van der Waals surface area contributed by atoms with Crippen LogP contribution in [-0.4, -0.2) is 10.7 Å². The Morgan fingerprint density at radius 3 is 2.30 bits per heavy atom. The maximum absolute atomic E-state index is 13.4. The van der Waals surface area contributed by atoms with Gasteiger partial charge in [0, 0.05) is 30.2 Å². The maximum Gasteiger partial charge on any atom is 0.269 e. The summed E-state index contributed by atoms with van der Waals surface area (Å²) < 4.78 is 26.2. The van der Waals surface area contributed by atoms with Crippen molar-refractivity contribution in [2.24, 2.45) is 0 Å². The number of nitrogens with zero attached hydrogens (tertiary/aromatic N) is 1. The Kier molecular flexibility index (Phi) is 3.84. The van der Waals surface area contributed by atoms with Gasteiger partial charge in [-0.1, -0.05) is 6.07 Å². The molecule has 6 heteroatoms. The highest BCUT2D eigenvalue weighted by atomic mass is 19.1. The molecule has 2 rings (SSSR count). The van der Waals surface area contributed by atoms with Crippen LogP contribution in [0.25, 0.3) is 0 Å². The van der Waals surface area contributed by atoms with Gasteiger partial charge in [-0.15, -0.1) is 0 Å². The van der Waals surface area contributed by atoms with Crippen LogP contribution < -0.4 is 0 Å². The molecule has 0 saturated carbocycles. The summed E-state index contributed by atoms with van der Waals surface area (Å²) in [5.41, 5.74) is 0.184. The van der Waals surface area contributed by atoms with E-state index in [0.717, 1.165) is 6.07 Å². The van der Waals surface area contributed by atoms with E-state index in [2.05, 4.69) is 0 Å². The van der Waals surface area contributed by atoms with E-state index in [1.54, 1.807) is 0 Å². The van der Waals surface area contributed by atoms with E-state index in [1.807, 2.05) is 0 Å². The zero-order valence-corrected chi connectivity index (χ0v) is 10.2. The highest BCUT2D eigenvalue weighted by Crippen LogP contribution is 2.16. The van der Waals surface area contributed by atoms with E-state index >= 15 is 0 Å². The average Bonchev–Trinajstić information content (AvgIpc) is 2.42. The molecule has 0 heterocycles. The Balaban J connectivity index is 2.17. The van der Waals surface area contributed by atoms with Crippen molar-refractivity contribution in [3.8, 4) is 0 Å². The number of hydrogen-bond donors (Lipinski definition) is 0. The molecule has 0 radical (unpaired) electrons. The second-order valence-corrected chi connectivity index (χ2v) is 4.14. The second kappa shape index (κ2) is 5.56. The fraction of sp³-hybridized carbons (Fsp3) is 0.0714. The molecule has 0 saturated heterocycles. The molecule has 0 atom stereocenters. The molecule has 102 valence electrons. The highest BCUT2D eigenvalue weighted by molar-refractivity contribution is 5.97. The number of carbonyl (C=O) groups is 1. The van der Waals surface area contributed by atoms with Crippen molar-refractivity contribution in [3.05, 3.63) is 75.3 Å². The molecular weight excluding hydrogens is 268 g/mol. The van der Waals surface area contributed by atoms with E-state index in [-0.39, 0.29) is 23.2 Å². The number of carbonyl (C=O) groups excluding carboxylic acids is 1. The Morgan fingerprint density at radius 2 is 1.75 bits per heavy atom. The third kappa shape index (κ3) is 3.03. The van der Waals surface area contributed by atoms with Gasteiger partial charge in [0.05, 0.1) is 4.92 Å². The number of hydrogen-bond acceptors (Lipinski definition) is 3. The zero-order valence-electron chi connectivity index (χ0n) is 10.2. The van der Waals surface area contributed by atoms with Gasteiger partial charge in [0.2, 0.25) is 0 Å². The van der Waals surface area contributed by atoms with Gasteiger partial charge in [0.1, 0.15) is 11.6 Å². The van der Waals surface area contributed by atoms with E-state index in [4.69, 9.17) is 0 Å². The minimum atomic E-state index is -0.791. The number of nitro benzene ring substituents is 1. The van der Waals surface area contributed by atoms with Crippen LogP contribution in [0.3, 0.4) is 0 Å². The Morgan fingerprint density at radius 1 is 1.10 bits per heavy atom. The number of halogens is 2. The summed E-state index contributed by atoms with van der Waals surface area (Å²) in [5.74, 6) is -1.90. The number of nitro groups is 1. The standard InChI is InChI=1S/C14H9F2NO3/c15-11-4-1-10(13(16)8-11)7-14(18)9-2-5-12(6-3-9)17(19)20/h1-6,8H,7H2. The van der Waals surface area contributed by atoms with Gasteiger partial charge in [0.25, 0.3) is 5.69 Å². The third-order valence-corrected chi connectivity index (χ3v) is 2.77. The van der Waals surface area contributed by atoms with Crippen LogP contribution >= 0.6 is 0 Å². The minimum Gasteiger partial charge on any atom is -0.294 e. The molecule has 4 nitrogen and oxygen atoms in total. The fourth-order valence-corrected chi connectivity index (χ4v) is 1.71. The number of benzene rings is 2. The van der Waals surface area contributed by atoms with E-state index in [0.29, 0.717) is 6.07 Å². The molecule has 0 N–H and O–H groups in total. The summed E-state index contributed by atoms with van der Waals surface area (Å²) in [6.45, 7) is 0. The maximum atomic E-state index is 13.4. The normalized spacial score (nSPS) is 10.3. The van der Waals surface area contributed by atoms with Crippen molar-refractivity contribution in [1.82, 2.24) is 0 Å². The van der Waals surface area contributed by atoms with Crippen LogP contribution in [-0.2, 0) is 6.42 Å². The summed E-state index contributed by atoms with van der Waals surface area (Å²) in [7, 11) is 0. The van der Waals surface area contributed by atoms with Gasteiger partial charge in [-0.05, 0) is 23.8 Å². The molecular formula is C14H9F2NO3. The molecule has 0 fully saturated rings. The van der Waals surface area contributed by atoms with Crippen LogP contribution in [0.15, 0.2) is 42.5 Å². The smallest absolute Gasteiger partial charge is 0.269 e. The second-order valence-electron chi connectivity index (χ2n) is 4.14. The molecule has 0 aliphatic rings. The lowest BCUT2D eigenvalue weighted by Gasteiger charge is -2.03. The van der Waals surface area contributed by atoms with Crippen molar-refractivity contribution in [1.29, 1.82) is 0 Å². The summed E-state index contributed by atoms with van der Waals surface area (Å²) in [5, 5.41) is 10.5. The Hall–Kier alpha value is -2.63. The molecule has 0 aromatic heterocycles. The zero-order chi connectivity index (χ0) is 14.7. The third-order valence-electron chi connectivity index (χ3n) is 2.77. The van der Waals surface area contributed by atoms with Crippen LogP contribution in [0, 0.1) is 21.7 Å². The van der Waals surface area contributed by atoms with Crippen LogP contribution in [0.2, 0.25) is 0 Å². The van der Waals surface area contributed by atoms with Crippen LogP contribution in [0.5, 0.6) is 0 Å². The minimum absolute atomic E-state index is 0.0785. The van der Waals surface area contributed by atoms with E-state index in [1.165, 1.54) is 30.3 Å². The largest absolute Gasteiger partial charge is 0.294 e. The molecule has 2 aromatic rings. The van der Waals surface area contributed by atoms with Crippen molar-refractivity contribution in [2.45, 2.75) is 6.42 Å². The molecule has 0 aliphatic carbocycles. The molecule has 2 aromatic carbocycles.